The van der Waals surface area contributed by atoms with E-state index in [0.29, 0.717) is 18.8 Å². The van der Waals surface area contributed by atoms with E-state index in [4.69, 9.17) is 14.2 Å². The van der Waals surface area contributed by atoms with Crippen LogP contribution in [0.25, 0.3) is 0 Å². The summed E-state index contributed by atoms with van der Waals surface area (Å²) in [5.41, 5.74) is 1.74. The second kappa shape index (κ2) is 7.48. The van der Waals surface area contributed by atoms with Crippen molar-refractivity contribution in [1.29, 1.82) is 0 Å². The Labute approximate surface area is 158 Å². The number of hydrogen-bond donors (Lipinski definition) is 2. The highest BCUT2D eigenvalue weighted by atomic mass is 16.6. The summed E-state index contributed by atoms with van der Waals surface area (Å²) in [5.74, 6) is 0.978. The summed E-state index contributed by atoms with van der Waals surface area (Å²) in [7, 11) is 1.35. The topological polar surface area (TPSA) is 94.1 Å². The summed E-state index contributed by atoms with van der Waals surface area (Å²) in [6.07, 6.45) is 2.46. The zero-order valence-corrected chi connectivity index (χ0v) is 15.3. The molecule has 2 fully saturated rings. The van der Waals surface area contributed by atoms with Crippen LogP contribution in [0.5, 0.6) is 5.75 Å². The van der Waals surface area contributed by atoms with Crippen molar-refractivity contribution in [2.45, 2.75) is 56.3 Å². The predicted octanol–water partition coefficient (Wildman–Crippen LogP) is 1.98. The molecule has 4 rings (SSSR count). The Hall–Kier alpha value is -2.12. The van der Waals surface area contributed by atoms with E-state index >= 15 is 0 Å². The summed E-state index contributed by atoms with van der Waals surface area (Å²) in [5, 5.41) is 12.7. The Bertz CT molecular complexity index is 731. The first-order chi connectivity index (χ1) is 13.1. The van der Waals surface area contributed by atoms with Gasteiger partial charge in [0.15, 0.2) is 0 Å². The van der Waals surface area contributed by atoms with Crippen molar-refractivity contribution in [3.8, 4) is 5.75 Å². The lowest BCUT2D eigenvalue weighted by Crippen LogP contribution is -2.46. The van der Waals surface area contributed by atoms with Gasteiger partial charge in [-0.1, -0.05) is 0 Å². The smallest absolute Gasteiger partial charge is 0.308 e. The first kappa shape index (κ1) is 18.3. The van der Waals surface area contributed by atoms with Gasteiger partial charge in [0.25, 0.3) is 0 Å². The Morgan fingerprint density at radius 3 is 2.81 bits per heavy atom. The molecule has 2 aliphatic heterocycles. The maximum atomic E-state index is 12.1. The van der Waals surface area contributed by atoms with Crippen molar-refractivity contribution in [1.82, 2.24) is 0 Å². The predicted molar refractivity (Wildman–Crippen MR) is 96.6 cm³/mol. The molecular formula is C20H25NO6. The van der Waals surface area contributed by atoms with Gasteiger partial charge in [-0.15, -0.1) is 0 Å². The molecule has 1 amide bonds. The van der Waals surface area contributed by atoms with E-state index in [1.54, 1.807) is 0 Å². The Kier molecular flexibility index (Phi) is 5.06. The number of hydrogen-bond acceptors (Lipinski definition) is 6. The van der Waals surface area contributed by atoms with Crippen molar-refractivity contribution in [2.75, 3.05) is 19.0 Å². The molecule has 1 aromatic rings. The minimum Gasteiger partial charge on any atom is -0.487 e. The molecule has 146 valence electrons. The zero-order chi connectivity index (χ0) is 19.0. The van der Waals surface area contributed by atoms with Crippen LogP contribution in [0.15, 0.2) is 18.2 Å². The number of carbonyl (C=O) groups is 2. The molecule has 7 heteroatoms. The third-order valence-electron chi connectivity index (χ3n) is 5.58. The molecule has 0 bridgehead atoms. The molecule has 27 heavy (non-hydrogen) atoms. The fourth-order valence-electron chi connectivity index (χ4n) is 4.03. The number of rotatable bonds is 6. The molecular weight excluding hydrogens is 350 g/mol. The van der Waals surface area contributed by atoms with Crippen LogP contribution in [0.4, 0.5) is 5.69 Å². The molecule has 2 N–H and O–H groups in total. The van der Waals surface area contributed by atoms with Crippen molar-refractivity contribution in [3.63, 3.8) is 0 Å². The molecule has 0 radical (unpaired) electrons. The third-order valence-corrected chi connectivity index (χ3v) is 5.58. The highest BCUT2D eigenvalue weighted by molar-refractivity contribution is 5.91. The van der Waals surface area contributed by atoms with Crippen LogP contribution in [-0.2, 0) is 19.1 Å². The average Bonchev–Trinajstić information content (AvgIpc) is 3.39. The number of aliphatic hydroxyl groups is 1. The first-order valence-electron chi connectivity index (χ1n) is 9.51. The van der Waals surface area contributed by atoms with Crippen molar-refractivity contribution >= 4 is 17.6 Å². The summed E-state index contributed by atoms with van der Waals surface area (Å²) in [4.78, 5) is 23.7. The number of carbonyl (C=O) groups excluding carboxylic acids is 2. The third kappa shape index (κ3) is 3.94. The van der Waals surface area contributed by atoms with E-state index in [1.165, 1.54) is 7.11 Å². The number of methoxy groups -OCH3 is 1. The normalized spacial score (nSPS) is 28.7. The Morgan fingerprint density at radius 2 is 2.11 bits per heavy atom. The second-order valence-electron chi connectivity index (χ2n) is 7.63. The number of ether oxygens (including phenoxy) is 3. The number of esters is 1. The van der Waals surface area contributed by atoms with Crippen LogP contribution in [0, 0.1) is 5.92 Å². The van der Waals surface area contributed by atoms with E-state index in [1.807, 2.05) is 18.2 Å². The quantitative estimate of drug-likeness (QED) is 0.739. The van der Waals surface area contributed by atoms with E-state index in [2.05, 4.69) is 5.32 Å². The van der Waals surface area contributed by atoms with E-state index < -0.39 is 6.10 Å². The number of aliphatic hydroxyl groups excluding tert-OH is 1. The number of fused-ring (bicyclic) bond motifs is 3. The number of amides is 1. The Morgan fingerprint density at radius 1 is 1.30 bits per heavy atom. The van der Waals surface area contributed by atoms with Gasteiger partial charge in [0.1, 0.15) is 18.0 Å². The van der Waals surface area contributed by atoms with E-state index in [-0.39, 0.29) is 43.0 Å². The highest BCUT2D eigenvalue weighted by Crippen LogP contribution is 2.47. The molecule has 0 unspecified atom stereocenters. The number of benzene rings is 1. The molecule has 1 saturated carbocycles. The molecule has 0 aromatic heterocycles. The summed E-state index contributed by atoms with van der Waals surface area (Å²) < 4.78 is 16.6. The molecule has 7 nitrogen and oxygen atoms in total. The largest absolute Gasteiger partial charge is 0.487 e. The van der Waals surface area contributed by atoms with Crippen LogP contribution >= 0.6 is 0 Å². The average molecular weight is 375 g/mol. The maximum Gasteiger partial charge on any atom is 0.308 e. The highest BCUT2D eigenvalue weighted by Gasteiger charge is 2.46. The summed E-state index contributed by atoms with van der Waals surface area (Å²) in [6, 6.07) is 5.63. The SMILES string of the molecule is COC(=O)C[C@H]1C[C@H]2c3cc(NC(=O)CC4CC4)ccc3O[C@H]2[C@H](CO)O1. The number of anilines is 1. The van der Waals surface area contributed by atoms with Crippen molar-refractivity contribution < 1.29 is 28.9 Å². The monoisotopic (exact) mass is 375 g/mol. The van der Waals surface area contributed by atoms with Crippen LogP contribution in [0.2, 0.25) is 0 Å². The lowest BCUT2D eigenvalue weighted by Gasteiger charge is -2.36. The van der Waals surface area contributed by atoms with E-state index in [9.17, 15) is 14.7 Å². The zero-order valence-electron chi connectivity index (χ0n) is 15.3. The van der Waals surface area contributed by atoms with Gasteiger partial charge in [0.05, 0.1) is 26.2 Å². The van der Waals surface area contributed by atoms with Crippen LogP contribution in [0.3, 0.4) is 0 Å². The van der Waals surface area contributed by atoms with Gasteiger partial charge in [0, 0.05) is 23.6 Å². The minimum absolute atomic E-state index is 0.000778. The van der Waals surface area contributed by atoms with Gasteiger partial charge < -0.3 is 24.6 Å². The van der Waals surface area contributed by atoms with Crippen LogP contribution < -0.4 is 10.1 Å². The lowest BCUT2D eigenvalue weighted by molar-refractivity contribution is -0.156. The second-order valence-corrected chi connectivity index (χ2v) is 7.63. The Balaban J connectivity index is 1.50. The summed E-state index contributed by atoms with van der Waals surface area (Å²) in [6.45, 7) is -0.183. The van der Waals surface area contributed by atoms with Crippen molar-refractivity contribution in [3.05, 3.63) is 23.8 Å². The van der Waals surface area contributed by atoms with Gasteiger partial charge in [-0.3, -0.25) is 9.59 Å². The van der Waals surface area contributed by atoms with Crippen molar-refractivity contribution in [2.24, 2.45) is 5.92 Å². The molecule has 4 atom stereocenters. The van der Waals surface area contributed by atoms with E-state index in [0.717, 1.165) is 29.8 Å². The van der Waals surface area contributed by atoms with Gasteiger partial charge in [-0.05, 0) is 43.4 Å². The molecule has 1 saturated heterocycles. The fraction of sp³-hybridized carbons (Fsp3) is 0.600. The minimum atomic E-state index is -0.501. The van der Waals surface area contributed by atoms with Gasteiger partial charge in [-0.25, -0.2) is 0 Å². The molecule has 2 heterocycles. The summed E-state index contributed by atoms with van der Waals surface area (Å²) >= 11 is 0. The van der Waals surface area contributed by atoms with Crippen LogP contribution in [-0.4, -0.2) is 49.0 Å². The fourth-order valence-corrected chi connectivity index (χ4v) is 4.03. The molecule has 1 aliphatic carbocycles. The number of nitrogens with one attached hydrogen (secondary N) is 1. The molecule has 3 aliphatic rings. The maximum absolute atomic E-state index is 12.1. The van der Waals surface area contributed by atoms with Crippen LogP contribution in [0.1, 0.15) is 43.6 Å². The standard InChI is InChI=1S/C20H25NO6/c1-25-19(24)9-13-8-15-14-7-12(21-18(23)6-11-2-3-11)4-5-16(14)27-20(15)17(10-22)26-13/h4-5,7,11,13,15,17,20,22H,2-3,6,8-10H2,1H3,(H,21,23)/t13-,15+,17+,20-/m1/s1. The van der Waals surface area contributed by atoms with Gasteiger partial charge in [-0.2, -0.15) is 0 Å². The van der Waals surface area contributed by atoms with Gasteiger partial charge in [0.2, 0.25) is 5.91 Å². The lowest BCUT2D eigenvalue weighted by atomic mass is 9.84. The first-order valence-corrected chi connectivity index (χ1v) is 9.51. The molecule has 1 aromatic carbocycles. The van der Waals surface area contributed by atoms with Gasteiger partial charge >= 0.3 is 5.97 Å². The molecule has 0 spiro atoms.